The van der Waals surface area contributed by atoms with Crippen LogP contribution >= 0.6 is 0 Å². The molecule has 0 saturated carbocycles. The first-order chi connectivity index (χ1) is 11.2. The van der Waals surface area contributed by atoms with Crippen molar-refractivity contribution in [3.63, 3.8) is 0 Å². The first-order valence-corrected chi connectivity index (χ1v) is 7.61. The van der Waals surface area contributed by atoms with E-state index in [-0.39, 0.29) is 18.6 Å². The second-order valence-electron chi connectivity index (χ2n) is 5.53. The molecule has 23 heavy (non-hydrogen) atoms. The largest absolute Gasteiger partial charge is 0.459 e. The van der Waals surface area contributed by atoms with Crippen molar-refractivity contribution in [2.45, 2.75) is 25.4 Å². The van der Waals surface area contributed by atoms with E-state index in [4.69, 9.17) is 13.6 Å². The summed E-state index contributed by atoms with van der Waals surface area (Å²) in [7, 11) is 1.52. The summed E-state index contributed by atoms with van der Waals surface area (Å²) in [4.78, 5) is 13.7. The van der Waals surface area contributed by atoms with Gasteiger partial charge in [0.2, 0.25) is 11.8 Å². The molecule has 0 unspecified atom stereocenters. The Morgan fingerprint density at radius 2 is 2.26 bits per heavy atom. The third-order valence-electron chi connectivity index (χ3n) is 3.79. The highest BCUT2D eigenvalue weighted by molar-refractivity contribution is 5.77. The van der Waals surface area contributed by atoms with Gasteiger partial charge in [-0.05, 0) is 25.0 Å². The molecule has 1 saturated heterocycles. The van der Waals surface area contributed by atoms with Gasteiger partial charge in [-0.1, -0.05) is 0 Å². The Morgan fingerprint density at radius 3 is 2.96 bits per heavy atom. The number of amides is 1. The normalized spacial score (nSPS) is 16.6. The maximum absolute atomic E-state index is 11.5. The number of piperidine rings is 1. The Balaban J connectivity index is 1.46. The molecule has 0 aromatic carbocycles. The highest BCUT2D eigenvalue weighted by Crippen LogP contribution is 2.19. The van der Waals surface area contributed by atoms with Crippen LogP contribution in [0.25, 0.3) is 11.7 Å². The molecule has 0 radical (unpaired) electrons. The summed E-state index contributed by atoms with van der Waals surface area (Å²) in [5.41, 5.74) is 0. The molecule has 1 fully saturated rings. The molecule has 0 atom stereocenters. The summed E-state index contributed by atoms with van der Waals surface area (Å²) in [6, 6.07) is 3.77. The summed E-state index contributed by atoms with van der Waals surface area (Å²) in [5.74, 6) is 1.47. The molecule has 0 bridgehead atoms. The predicted octanol–water partition coefficient (Wildman–Crippen LogP) is 1.06. The second-order valence-corrected chi connectivity index (χ2v) is 5.53. The Hall–Kier alpha value is -2.19. The molecule has 0 aliphatic carbocycles. The minimum Gasteiger partial charge on any atom is -0.459 e. The fourth-order valence-electron chi connectivity index (χ4n) is 2.64. The average molecular weight is 320 g/mol. The van der Waals surface area contributed by atoms with Crippen molar-refractivity contribution in [2.75, 3.05) is 26.8 Å². The fraction of sp³-hybridized carbons (Fsp3) is 0.533. The lowest BCUT2D eigenvalue weighted by molar-refractivity contribution is -0.125. The lowest BCUT2D eigenvalue weighted by Gasteiger charge is -2.31. The molecule has 1 amide bonds. The van der Waals surface area contributed by atoms with Gasteiger partial charge in [-0.2, -0.15) is 0 Å². The minimum absolute atomic E-state index is 0.0639. The maximum atomic E-state index is 11.5. The van der Waals surface area contributed by atoms with Gasteiger partial charge in [0.25, 0.3) is 5.89 Å². The SMILES string of the molecule is COCC(=O)NC1CCN(Cc2nnc(-c3ccco3)o2)CC1. The third-order valence-corrected chi connectivity index (χ3v) is 3.79. The van der Waals surface area contributed by atoms with Crippen LogP contribution in [-0.2, 0) is 16.1 Å². The molecule has 1 aliphatic rings. The summed E-state index contributed by atoms with van der Waals surface area (Å²) in [6.07, 6.45) is 3.37. The van der Waals surface area contributed by atoms with Gasteiger partial charge < -0.3 is 18.9 Å². The zero-order chi connectivity index (χ0) is 16.1. The molecule has 0 spiro atoms. The van der Waals surface area contributed by atoms with Crippen LogP contribution in [0.15, 0.2) is 27.2 Å². The Morgan fingerprint density at radius 1 is 1.43 bits per heavy atom. The molecule has 124 valence electrons. The van der Waals surface area contributed by atoms with E-state index in [0.29, 0.717) is 24.1 Å². The van der Waals surface area contributed by atoms with E-state index in [0.717, 1.165) is 25.9 Å². The van der Waals surface area contributed by atoms with Crippen LogP contribution in [0, 0.1) is 0 Å². The van der Waals surface area contributed by atoms with Gasteiger partial charge in [-0.25, -0.2) is 0 Å². The molecule has 1 N–H and O–H groups in total. The van der Waals surface area contributed by atoms with Crippen molar-refractivity contribution in [3.8, 4) is 11.7 Å². The third kappa shape index (κ3) is 4.17. The van der Waals surface area contributed by atoms with E-state index >= 15 is 0 Å². The number of carbonyl (C=O) groups excluding carboxylic acids is 1. The first kappa shape index (κ1) is 15.7. The topological polar surface area (TPSA) is 93.6 Å². The van der Waals surface area contributed by atoms with E-state index in [1.807, 2.05) is 0 Å². The minimum atomic E-state index is -0.0639. The standard InChI is InChI=1S/C15H20N4O4/c1-21-10-13(20)16-11-4-6-19(7-5-11)9-14-17-18-15(23-14)12-3-2-8-22-12/h2-3,8,11H,4-7,9-10H2,1H3,(H,16,20). The van der Waals surface area contributed by atoms with E-state index in [1.165, 1.54) is 7.11 Å². The van der Waals surface area contributed by atoms with Crippen LogP contribution in [0.1, 0.15) is 18.7 Å². The summed E-state index contributed by atoms with van der Waals surface area (Å²) >= 11 is 0. The van der Waals surface area contributed by atoms with Crippen LogP contribution in [0.5, 0.6) is 0 Å². The van der Waals surface area contributed by atoms with Gasteiger partial charge in [-0.3, -0.25) is 9.69 Å². The molecule has 8 heteroatoms. The highest BCUT2D eigenvalue weighted by atomic mass is 16.5. The Bertz CT molecular complexity index is 617. The van der Waals surface area contributed by atoms with Crippen LogP contribution in [0.2, 0.25) is 0 Å². The number of likely N-dealkylation sites (tertiary alicyclic amines) is 1. The van der Waals surface area contributed by atoms with Crippen molar-refractivity contribution in [1.29, 1.82) is 0 Å². The van der Waals surface area contributed by atoms with Gasteiger partial charge in [0.05, 0.1) is 12.8 Å². The number of rotatable bonds is 6. The van der Waals surface area contributed by atoms with E-state index in [9.17, 15) is 4.79 Å². The zero-order valence-corrected chi connectivity index (χ0v) is 13.0. The summed E-state index contributed by atoms with van der Waals surface area (Å²) in [5, 5.41) is 11.0. The van der Waals surface area contributed by atoms with Crippen molar-refractivity contribution in [2.24, 2.45) is 0 Å². The van der Waals surface area contributed by atoms with Crippen LogP contribution in [-0.4, -0.2) is 53.9 Å². The number of carbonyl (C=O) groups is 1. The molecule has 3 rings (SSSR count). The van der Waals surface area contributed by atoms with Crippen LogP contribution in [0.3, 0.4) is 0 Å². The van der Waals surface area contributed by atoms with E-state index in [1.54, 1.807) is 18.4 Å². The lowest BCUT2D eigenvalue weighted by atomic mass is 10.1. The molecular weight excluding hydrogens is 300 g/mol. The Labute approximate surface area is 133 Å². The molecule has 8 nitrogen and oxygen atoms in total. The lowest BCUT2D eigenvalue weighted by Crippen LogP contribution is -2.45. The van der Waals surface area contributed by atoms with Crippen molar-refractivity contribution >= 4 is 5.91 Å². The number of nitrogens with zero attached hydrogens (tertiary/aromatic N) is 3. The molecule has 2 aromatic heterocycles. The number of furan rings is 1. The smallest absolute Gasteiger partial charge is 0.283 e. The van der Waals surface area contributed by atoms with Gasteiger partial charge >= 0.3 is 0 Å². The van der Waals surface area contributed by atoms with Gasteiger partial charge in [0.1, 0.15) is 6.61 Å². The van der Waals surface area contributed by atoms with Crippen molar-refractivity contribution in [3.05, 3.63) is 24.3 Å². The predicted molar refractivity (Wildman–Crippen MR) is 80.3 cm³/mol. The van der Waals surface area contributed by atoms with Gasteiger partial charge in [0.15, 0.2) is 5.76 Å². The number of aromatic nitrogens is 2. The van der Waals surface area contributed by atoms with Gasteiger partial charge in [0, 0.05) is 26.2 Å². The molecule has 1 aliphatic heterocycles. The monoisotopic (exact) mass is 320 g/mol. The first-order valence-electron chi connectivity index (χ1n) is 7.61. The quantitative estimate of drug-likeness (QED) is 0.850. The Kier molecular flexibility index (Phi) is 5.04. The second kappa shape index (κ2) is 7.38. The maximum Gasteiger partial charge on any atom is 0.283 e. The average Bonchev–Trinajstić information content (AvgIpc) is 3.20. The van der Waals surface area contributed by atoms with Crippen LogP contribution < -0.4 is 5.32 Å². The van der Waals surface area contributed by atoms with E-state index < -0.39 is 0 Å². The van der Waals surface area contributed by atoms with Crippen molar-refractivity contribution < 1.29 is 18.4 Å². The van der Waals surface area contributed by atoms with Crippen molar-refractivity contribution in [1.82, 2.24) is 20.4 Å². The molecule has 3 heterocycles. The summed E-state index contributed by atoms with van der Waals surface area (Å²) < 4.78 is 15.7. The number of hydrogen-bond donors (Lipinski definition) is 1. The van der Waals surface area contributed by atoms with Crippen LogP contribution in [0.4, 0.5) is 0 Å². The highest BCUT2D eigenvalue weighted by Gasteiger charge is 2.22. The molecule has 2 aromatic rings. The fourth-order valence-corrected chi connectivity index (χ4v) is 2.64. The number of hydrogen-bond acceptors (Lipinski definition) is 7. The number of ether oxygens (including phenoxy) is 1. The molecular formula is C15H20N4O4. The number of methoxy groups -OCH3 is 1. The van der Waals surface area contributed by atoms with Gasteiger partial charge in [-0.15, -0.1) is 10.2 Å². The zero-order valence-electron chi connectivity index (χ0n) is 13.0. The van der Waals surface area contributed by atoms with E-state index in [2.05, 4.69) is 20.4 Å². The summed E-state index contributed by atoms with van der Waals surface area (Å²) in [6.45, 7) is 2.46. The number of nitrogens with one attached hydrogen (secondary N) is 1.